The lowest BCUT2D eigenvalue weighted by atomic mass is 9.51. The molecule has 0 saturated heterocycles. The third-order valence-corrected chi connectivity index (χ3v) is 6.83. The molecule has 0 spiro atoms. The van der Waals surface area contributed by atoms with Crippen molar-refractivity contribution in [2.45, 2.75) is 76.9 Å². The number of carboxylic acids is 1. The van der Waals surface area contributed by atoms with Gasteiger partial charge in [0.25, 0.3) is 0 Å². The van der Waals surface area contributed by atoms with E-state index < -0.39 is 18.2 Å². The number of aliphatic hydroxyl groups is 2. The van der Waals surface area contributed by atoms with Gasteiger partial charge in [-0.3, -0.25) is 4.79 Å². The van der Waals surface area contributed by atoms with Gasteiger partial charge < -0.3 is 15.3 Å². The number of fused-ring (bicyclic) bond motifs is 1. The molecule has 0 aromatic heterocycles. The molecule has 0 heterocycles. The Labute approximate surface area is 156 Å². The van der Waals surface area contributed by atoms with Gasteiger partial charge in [-0.1, -0.05) is 49.7 Å². The van der Waals surface area contributed by atoms with Crippen molar-refractivity contribution in [1.82, 2.24) is 0 Å². The molecule has 4 nitrogen and oxygen atoms in total. The monoisotopic (exact) mass is 360 g/mol. The first-order chi connectivity index (χ1) is 12.5. The van der Waals surface area contributed by atoms with Gasteiger partial charge in [-0.2, -0.15) is 0 Å². The lowest BCUT2D eigenvalue weighted by Crippen LogP contribution is -2.50. The largest absolute Gasteiger partial charge is 0.481 e. The summed E-state index contributed by atoms with van der Waals surface area (Å²) in [6.45, 7) is 2.16. The molecule has 3 N–H and O–H groups in total. The highest BCUT2D eigenvalue weighted by Crippen LogP contribution is 2.55. The predicted octanol–water partition coefficient (Wildman–Crippen LogP) is 3.38. The molecule has 0 radical (unpaired) electrons. The maximum absolute atomic E-state index is 10.7. The highest BCUT2D eigenvalue weighted by atomic mass is 16.4. The van der Waals surface area contributed by atoms with Gasteiger partial charge in [0, 0.05) is 6.42 Å². The summed E-state index contributed by atoms with van der Waals surface area (Å²) in [7, 11) is 0. The Kier molecular flexibility index (Phi) is 6.42. The van der Waals surface area contributed by atoms with Crippen LogP contribution in [-0.2, 0) is 4.79 Å². The average Bonchev–Trinajstić information content (AvgIpc) is 2.64. The fourth-order valence-electron chi connectivity index (χ4n) is 5.36. The van der Waals surface area contributed by atoms with Crippen molar-refractivity contribution in [3.8, 4) is 11.8 Å². The van der Waals surface area contributed by atoms with E-state index in [0.29, 0.717) is 24.2 Å². The van der Waals surface area contributed by atoms with Crippen LogP contribution in [0, 0.1) is 41.4 Å². The molecule has 0 aromatic carbocycles. The van der Waals surface area contributed by atoms with Crippen molar-refractivity contribution >= 4 is 5.97 Å². The number of allylic oxidation sites excluding steroid dienone is 2. The van der Waals surface area contributed by atoms with Crippen LogP contribution < -0.4 is 0 Å². The molecule has 3 saturated carbocycles. The van der Waals surface area contributed by atoms with E-state index >= 15 is 0 Å². The van der Waals surface area contributed by atoms with Gasteiger partial charge in [0.05, 0.1) is 12.0 Å². The first-order valence-corrected chi connectivity index (χ1v) is 10.3. The SMILES string of the molecule is C[C@@H]1/C(=C/CCC(=O)O)[C@@H]2CC[C@H](O)[C@@H](C#C[C@@H](O)C3CCCCC3)[C@H]12. The van der Waals surface area contributed by atoms with Crippen LogP contribution in [0.4, 0.5) is 0 Å². The van der Waals surface area contributed by atoms with Gasteiger partial charge in [0.1, 0.15) is 6.10 Å². The van der Waals surface area contributed by atoms with Crippen LogP contribution >= 0.6 is 0 Å². The molecule has 26 heavy (non-hydrogen) atoms. The van der Waals surface area contributed by atoms with E-state index in [4.69, 9.17) is 5.11 Å². The molecule has 0 aliphatic heterocycles. The molecule has 144 valence electrons. The summed E-state index contributed by atoms with van der Waals surface area (Å²) in [4.78, 5) is 10.7. The molecule has 0 unspecified atom stereocenters. The van der Waals surface area contributed by atoms with Crippen LogP contribution in [0.15, 0.2) is 11.6 Å². The van der Waals surface area contributed by atoms with Crippen molar-refractivity contribution in [1.29, 1.82) is 0 Å². The molecule has 0 amide bonds. The van der Waals surface area contributed by atoms with Gasteiger partial charge in [0.2, 0.25) is 0 Å². The van der Waals surface area contributed by atoms with Crippen LogP contribution in [0.25, 0.3) is 0 Å². The maximum Gasteiger partial charge on any atom is 0.303 e. The second kappa shape index (κ2) is 8.59. The Morgan fingerprint density at radius 1 is 1.23 bits per heavy atom. The minimum Gasteiger partial charge on any atom is -0.481 e. The molecule has 4 heteroatoms. The molecular formula is C22H32O4. The molecule has 3 aliphatic carbocycles. The Morgan fingerprint density at radius 3 is 2.65 bits per heavy atom. The number of rotatable bonds is 4. The fraction of sp³-hybridized carbons (Fsp3) is 0.773. The summed E-state index contributed by atoms with van der Waals surface area (Å²) in [5.41, 5.74) is 1.35. The Hall–Kier alpha value is -1.31. The normalized spacial score (nSPS) is 37.2. The zero-order valence-electron chi connectivity index (χ0n) is 15.7. The van der Waals surface area contributed by atoms with Gasteiger partial charge in [-0.05, 0) is 55.8 Å². The van der Waals surface area contributed by atoms with E-state index in [0.717, 1.165) is 25.7 Å². The molecule has 3 aliphatic rings. The van der Waals surface area contributed by atoms with Gasteiger partial charge in [-0.25, -0.2) is 0 Å². The van der Waals surface area contributed by atoms with E-state index in [9.17, 15) is 15.0 Å². The van der Waals surface area contributed by atoms with E-state index in [-0.39, 0.29) is 18.3 Å². The zero-order valence-corrected chi connectivity index (χ0v) is 15.7. The second-order valence-electron chi connectivity index (χ2n) is 8.41. The average molecular weight is 360 g/mol. The highest BCUT2D eigenvalue weighted by molar-refractivity contribution is 5.66. The number of carboxylic acid groups (broad SMARTS) is 1. The minimum absolute atomic E-state index is 0.0707. The van der Waals surface area contributed by atoms with Gasteiger partial charge in [0.15, 0.2) is 0 Å². The van der Waals surface area contributed by atoms with Crippen molar-refractivity contribution < 1.29 is 20.1 Å². The molecule has 3 rings (SSSR count). The van der Waals surface area contributed by atoms with Gasteiger partial charge in [-0.15, -0.1) is 0 Å². The third kappa shape index (κ3) is 4.15. The maximum atomic E-state index is 10.7. The lowest BCUT2D eigenvalue weighted by molar-refractivity contribution is -0.136. The lowest BCUT2D eigenvalue weighted by Gasteiger charge is -2.53. The number of hydrogen-bond acceptors (Lipinski definition) is 3. The van der Waals surface area contributed by atoms with E-state index in [2.05, 4.69) is 24.8 Å². The van der Waals surface area contributed by atoms with E-state index in [1.54, 1.807) is 0 Å². The highest BCUT2D eigenvalue weighted by Gasteiger charge is 2.51. The predicted molar refractivity (Wildman–Crippen MR) is 100 cm³/mol. The first kappa shape index (κ1) is 19.5. The van der Waals surface area contributed by atoms with E-state index in [1.165, 1.54) is 24.8 Å². The summed E-state index contributed by atoms with van der Waals surface area (Å²) in [6.07, 6.45) is 9.31. The number of aliphatic hydroxyl groups excluding tert-OH is 2. The Bertz CT molecular complexity index is 593. The van der Waals surface area contributed by atoms with Crippen molar-refractivity contribution in [3.05, 3.63) is 11.6 Å². The van der Waals surface area contributed by atoms with Gasteiger partial charge >= 0.3 is 5.97 Å². The number of hydrogen-bond donors (Lipinski definition) is 3. The zero-order chi connectivity index (χ0) is 18.7. The second-order valence-corrected chi connectivity index (χ2v) is 8.41. The minimum atomic E-state index is -0.759. The third-order valence-electron chi connectivity index (χ3n) is 6.83. The van der Waals surface area contributed by atoms with E-state index in [1.807, 2.05) is 0 Å². The Morgan fingerprint density at radius 2 is 1.96 bits per heavy atom. The van der Waals surface area contributed by atoms with Crippen molar-refractivity contribution in [2.24, 2.45) is 29.6 Å². The number of aliphatic carboxylic acids is 1. The molecule has 6 atom stereocenters. The van der Waals surface area contributed by atoms with Crippen LogP contribution in [0.3, 0.4) is 0 Å². The summed E-state index contributed by atoms with van der Waals surface area (Å²) in [6, 6.07) is 0. The molecule has 0 bridgehead atoms. The number of carbonyl (C=O) groups is 1. The quantitative estimate of drug-likeness (QED) is 0.530. The molecule has 3 fully saturated rings. The van der Waals surface area contributed by atoms with Crippen molar-refractivity contribution in [3.63, 3.8) is 0 Å². The fourth-order valence-corrected chi connectivity index (χ4v) is 5.36. The summed E-state index contributed by atoms with van der Waals surface area (Å²) >= 11 is 0. The summed E-state index contributed by atoms with van der Waals surface area (Å²) < 4.78 is 0. The summed E-state index contributed by atoms with van der Waals surface area (Å²) in [5, 5.41) is 29.7. The van der Waals surface area contributed by atoms with Crippen LogP contribution in [-0.4, -0.2) is 33.5 Å². The van der Waals surface area contributed by atoms with Crippen LogP contribution in [0.2, 0.25) is 0 Å². The van der Waals surface area contributed by atoms with Crippen LogP contribution in [0.1, 0.15) is 64.7 Å². The van der Waals surface area contributed by atoms with Crippen LogP contribution in [0.5, 0.6) is 0 Å². The Balaban J connectivity index is 1.65. The van der Waals surface area contributed by atoms with Crippen molar-refractivity contribution in [2.75, 3.05) is 0 Å². The molecular weight excluding hydrogens is 328 g/mol. The summed E-state index contributed by atoms with van der Waals surface area (Å²) in [5.74, 6) is 6.89. The smallest absolute Gasteiger partial charge is 0.303 e. The first-order valence-electron chi connectivity index (χ1n) is 10.3. The topological polar surface area (TPSA) is 77.8 Å². The standard InChI is InChI=1S/C22H32O4/c1-14-16(8-5-9-21(25)26)17-10-13-20(24)18(22(14)17)11-12-19(23)15-6-3-2-4-7-15/h8,14-15,17-20,22-24H,2-7,9-10,13H2,1H3,(H,25,26)/b16-8-/t14-,17+,18-,19-,20+,22-/m1/s1. The molecule has 0 aromatic rings.